The van der Waals surface area contributed by atoms with Crippen molar-refractivity contribution in [1.82, 2.24) is 14.9 Å². The standard InChI is InChI=1S/C24H33N3O3S/c1-4-26-31(29,30)23-11-9-20(10-12-23)24(28)25-14-21-7-5-6-8-22(21)17-27-15-18(2)13-19(3)16-27/h5-12,18-19,26H,4,13-17H2,1-3H3,(H,25,28). The molecule has 2 aromatic carbocycles. The van der Waals surface area contributed by atoms with Gasteiger partial charge in [-0.25, -0.2) is 13.1 Å². The molecule has 1 amide bonds. The van der Waals surface area contributed by atoms with Crippen LogP contribution >= 0.6 is 0 Å². The summed E-state index contributed by atoms with van der Waals surface area (Å²) < 4.78 is 26.5. The number of piperidine rings is 1. The van der Waals surface area contributed by atoms with E-state index in [4.69, 9.17) is 0 Å². The van der Waals surface area contributed by atoms with Crippen molar-refractivity contribution in [3.05, 3.63) is 65.2 Å². The van der Waals surface area contributed by atoms with Crippen LogP contribution in [0.3, 0.4) is 0 Å². The van der Waals surface area contributed by atoms with Gasteiger partial charge in [-0.15, -0.1) is 0 Å². The molecule has 2 atom stereocenters. The van der Waals surface area contributed by atoms with Crippen LogP contribution in [0, 0.1) is 11.8 Å². The number of likely N-dealkylation sites (tertiary alicyclic amines) is 1. The lowest BCUT2D eigenvalue weighted by Crippen LogP contribution is -2.38. The van der Waals surface area contributed by atoms with Crippen LogP contribution in [0.5, 0.6) is 0 Å². The third-order valence-electron chi connectivity index (χ3n) is 5.66. The van der Waals surface area contributed by atoms with E-state index in [0.29, 0.717) is 30.5 Å². The lowest BCUT2D eigenvalue weighted by molar-refractivity contribution is 0.0950. The predicted molar refractivity (Wildman–Crippen MR) is 123 cm³/mol. The van der Waals surface area contributed by atoms with Crippen molar-refractivity contribution in [3.8, 4) is 0 Å². The first-order chi connectivity index (χ1) is 14.8. The van der Waals surface area contributed by atoms with Gasteiger partial charge in [0.15, 0.2) is 0 Å². The van der Waals surface area contributed by atoms with Crippen molar-refractivity contribution in [2.45, 2.75) is 45.2 Å². The molecule has 1 aliphatic rings. The molecule has 0 bridgehead atoms. The summed E-state index contributed by atoms with van der Waals surface area (Å²) in [6, 6.07) is 14.2. The van der Waals surface area contributed by atoms with Crippen LogP contribution in [-0.4, -0.2) is 38.9 Å². The van der Waals surface area contributed by atoms with Crippen LogP contribution in [0.2, 0.25) is 0 Å². The zero-order valence-electron chi connectivity index (χ0n) is 18.6. The minimum atomic E-state index is -3.52. The zero-order chi connectivity index (χ0) is 22.4. The predicted octanol–water partition coefficient (Wildman–Crippen LogP) is 3.39. The summed E-state index contributed by atoms with van der Waals surface area (Å²) in [4.78, 5) is 15.3. The number of carbonyl (C=O) groups excluding carboxylic acids is 1. The second-order valence-corrected chi connectivity index (χ2v) is 10.4. The van der Waals surface area contributed by atoms with Crippen molar-refractivity contribution >= 4 is 15.9 Å². The van der Waals surface area contributed by atoms with Crippen molar-refractivity contribution < 1.29 is 13.2 Å². The van der Waals surface area contributed by atoms with E-state index < -0.39 is 10.0 Å². The van der Waals surface area contributed by atoms with Crippen molar-refractivity contribution in [2.24, 2.45) is 11.8 Å². The SMILES string of the molecule is CCNS(=O)(=O)c1ccc(C(=O)NCc2ccccc2CN2CC(C)CC(C)C2)cc1. The molecule has 0 spiro atoms. The Kier molecular flexibility index (Phi) is 7.86. The Morgan fingerprint density at radius 2 is 1.61 bits per heavy atom. The number of hydrogen-bond donors (Lipinski definition) is 2. The Bertz CT molecular complexity index is 979. The molecule has 1 aliphatic heterocycles. The molecule has 0 radical (unpaired) electrons. The molecule has 0 aromatic heterocycles. The quantitative estimate of drug-likeness (QED) is 0.656. The van der Waals surface area contributed by atoms with Gasteiger partial charge in [0.2, 0.25) is 10.0 Å². The normalized spacial score (nSPS) is 19.8. The van der Waals surface area contributed by atoms with Gasteiger partial charge in [-0.2, -0.15) is 0 Å². The number of rotatable bonds is 8. The first-order valence-electron chi connectivity index (χ1n) is 11.0. The highest BCUT2D eigenvalue weighted by molar-refractivity contribution is 7.89. The molecule has 2 N–H and O–H groups in total. The van der Waals surface area contributed by atoms with Crippen LogP contribution < -0.4 is 10.0 Å². The fraction of sp³-hybridized carbons (Fsp3) is 0.458. The van der Waals surface area contributed by atoms with Crippen LogP contribution in [0.4, 0.5) is 0 Å². The maximum Gasteiger partial charge on any atom is 0.251 e. The van der Waals surface area contributed by atoms with E-state index in [9.17, 15) is 13.2 Å². The summed E-state index contributed by atoms with van der Waals surface area (Å²) in [5.74, 6) is 1.19. The van der Waals surface area contributed by atoms with Gasteiger partial charge in [0.05, 0.1) is 4.90 Å². The lowest BCUT2D eigenvalue weighted by Gasteiger charge is -2.35. The third kappa shape index (κ3) is 6.38. The Balaban J connectivity index is 1.63. The maximum atomic E-state index is 12.6. The average Bonchev–Trinajstić information content (AvgIpc) is 2.72. The van der Waals surface area contributed by atoms with Gasteiger partial charge in [0.25, 0.3) is 5.91 Å². The minimum absolute atomic E-state index is 0.154. The van der Waals surface area contributed by atoms with E-state index >= 15 is 0 Å². The molecule has 0 saturated carbocycles. The Hall–Kier alpha value is -2.22. The molecule has 0 aliphatic carbocycles. The highest BCUT2D eigenvalue weighted by atomic mass is 32.2. The van der Waals surface area contributed by atoms with Crippen molar-refractivity contribution in [1.29, 1.82) is 0 Å². The molecular formula is C24H33N3O3S. The maximum absolute atomic E-state index is 12.6. The first-order valence-corrected chi connectivity index (χ1v) is 12.4. The summed E-state index contributed by atoms with van der Waals surface area (Å²) in [6.45, 7) is 10.2. The van der Waals surface area contributed by atoms with E-state index in [2.05, 4.69) is 40.9 Å². The van der Waals surface area contributed by atoms with Gasteiger partial charge < -0.3 is 5.32 Å². The van der Waals surface area contributed by atoms with E-state index in [1.54, 1.807) is 19.1 Å². The van der Waals surface area contributed by atoms with E-state index in [-0.39, 0.29) is 10.8 Å². The minimum Gasteiger partial charge on any atom is -0.348 e. The van der Waals surface area contributed by atoms with Gasteiger partial charge in [-0.05, 0) is 53.6 Å². The fourth-order valence-electron chi connectivity index (χ4n) is 4.38. The van der Waals surface area contributed by atoms with Crippen LogP contribution in [-0.2, 0) is 23.1 Å². The smallest absolute Gasteiger partial charge is 0.251 e. The molecule has 168 valence electrons. The first kappa shape index (κ1) is 23.4. The number of hydrogen-bond acceptors (Lipinski definition) is 4. The largest absolute Gasteiger partial charge is 0.348 e. The van der Waals surface area contributed by atoms with Crippen LogP contribution in [0.15, 0.2) is 53.4 Å². The number of benzene rings is 2. The monoisotopic (exact) mass is 443 g/mol. The highest BCUT2D eigenvalue weighted by Crippen LogP contribution is 2.23. The fourth-order valence-corrected chi connectivity index (χ4v) is 5.42. The average molecular weight is 444 g/mol. The lowest BCUT2D eigenvalue weighted by atomic mass is 9.91. The van der Waals surface area contributed by atoms with Crippen molar-refractivity contribution in [2.75, 3.05) is 19.6 Å². The molecule has 2 aromatic rings. The number of amides is 1. The molecule has 1 saturated heterocycles. The zero-order valence-corrected chi connectivity index (χ0v) is 19.4. The number of carbonyl (C=O) groups is 1. The van der Waals surface area contributed by atoms with Gasteiger partial charge >= 0.3 is 0 Å². The van der Waals surface area contributed by atoms with Crippen LogP contribution in [0.25, 0.3) is 0 Å². The van der Waals surface area contributed by atoms with E-state index in [1.165, 1.54) is 24.1 Å². The Labute approximate surface area is 186 Å². The second-order valence-electron chi connectivity index (χ2n) is 8.62. The number of nitrogens with one attached hydrogen (secondary N) is 2. The molecule has 1 heterocycles. The topological polar surface area (TPSA) is 78.5 Å². The molecule has 7 heteroatoms. The van der Waals surface area contributed by atoms with Crippen LogP contribution in [0.1, 0.15) is 48.7 Å². The summed E-state index contributed by atoms with van der Waals surface area (Å²) in [5.41, 5.74) is 2.77. The molecular weight excluding hydrogens is 410 g/mol. The van der Waals surface area contributed by atoms with Gasteiger partial charge in [-0.1, -0.05) is 45.0 Å². The highest BCUT2D eigenvalue weighted by Gasteiger charge is 2.22. The molecule has 2 unspecified atom stereocenters. The molecule has 6 nitrogen and oxygen atoms in total. The summed E-state index contributed by atoms with van der Waals surface area (Å²) >= 11 is 0. The summed E-state index contributed by atoms with van der Waals surface area (Å²) in [7, 11) is -3.52. The molecule has 1 fully saturated rings. The van der Waals surface area contributed by atoms with E-state index in [0.717, 1.165) is 25.2 Å². The Morgan fingerprint density at radius 1 is 1.00 bits per heavy atom. The summed E-state index contributed by atoms with van der Waals surface area (Å²) in [5, 5.41) is 2.97. The van der Waals surface area contributed by atoms with Gasteiger partial charge in [0, 0.05) is 38.3 Å². The molecule has 3 rings (SSSR count). The third-order valence-corrected chi connectivity index (χ3v) is 7.22. The van der Waals surface area contributed by atoms with E-state index in [1.807, 2.05) is 12.1 Å². The molecule has 31 heavy (non-hydrogen) atoms. The number of sulfonamides is 1. The van der Waals surface area contributed by atoms with Crippen molar-refractivity contribution in [3.63, 3.8) is 0 Å². The Morgan fingerprint density at radius 3 is 2.23 bits per heavy atom. The van der Waals surface area contributed by atoms with Gasteiger partial charge in [-0.3, -0.25) is 9.69 Å². The van der Waals surface area contributed by atoms with Gasteiger partial charge in [0.1, 0.15) is 0 Å². The summed E-state index contributed by atoms with van der Waals surface area (Å²) in [6.07, 6.45) is 1.28. The number of nitrogens with zero attached hydrogens (tertiary/aromatic N) is 1. The second kappa shape index (κ2) is 10.4.